The van der Waals surface area contributed by atoms with Gasteiger partial charge in [-0.25, -0.2) is 0 Å². The van der Waals surface area contributed by atoms with E-state index in [4.69, 9.17) is 14.2 Å². The summed E-state index contributed by atoms with van der Waals surface area (Å²) in [5, 5.41) is 2.00. The monoisotopic (exact) mass is 448 g/mol. The molecule has 2 aromatic carbocycles. The number of carbonyl (C=O) groups excluding carboxylic acids is 2. The van der Waals surface area contributed by atoms with E-state index in [0.717, 1.165) is 28.0 Å². The zero-order chi connectivity index (χ0) is 22.2. The summed E-state index contributed by atoms with van der Waals surface area (Å²) >= 11 is 1.62. The third-order valence-electron chi connectivity index (χ3n) is 5.17. The SMILES string of the molecule is O=C(OCc1ccccc1)C(C(=O)OCc1ccccc1)C1C=C(c2cccs2)CCO1. The zero-order valence-electron chi connectivity index (χ0n) is 17.5. The Kier molecular flexibility index (Phi) is 7.48. The molecule has 0 fully saturated rings. The Morgan fingerprint density at radius 1 is 0.875 bits per heavy atom. The summed E-state index contributed by atoms with van der Waals surface area (Å²) in [6, 6.07) is 22.7. The van der Waals surface area contributed by atoms with Crippen LogP contribution in [0.3, 0.4) is 0 Å². The Morgan fingerprint density at radius 2 is 1.47 bits per heavy atom. The number of rotatable bonds is 8. The lowest BCUT2D eigenvalue weighted by Gasteiger charge is -2.26. The fraction of sp³-hybridized carbons (Fsp3) is 0.231. The normalized spacial score (nSPS) is 15.8. The topological polar surface area (TPSA) is 61.8 Å². The van der Waals surface area contributed by atoms with Gasteiger partial charge in [0.1, 0.15) is 19.3 Å². The molecule has 0 N–H and O–H groups in total. The van der Waals surface area contributed by atoms with Gasteiger partial charge in [-0.1, -0.05) is 66.7 Å². The van der Waals surface area contributed by atoms with E-state index in [-0.39, 0.29) is 13.2 Å². The van der Waals surface area contributed by atoms with Gasteiger partial charge in [0.15, 0.2) is 5.92 Å². The fourth-order valence-electron chi connectivity index (χ4n) is 3.50. The zero-order valence-corrected chi connectivity index (χ0v) is 18.3. The minimum absolute atomic E-state index is 0.0797. The molecule has 0 spiro atoms. The van der Waals surface area contributed by atoms with E-state index in [1.54, 1.807) is 11.3 Å². The highest BCUT2D eigenvalue weighted by Crippen LogP contribution is 2.30. The molecule has 6 heteroatoms. The van der Waals surface area contributed by atoms with Gasteiger partial charge in [-0.05, 0) is 40.6 Å². The summed E-state index contributed by atoms with van der Waals surface area (Å²) in [6.45, 7) is 0.579. The van der Waals surface area contributed by atoms with Gasteiger partial charge in [0.05, 0.1) is 6.61 Å². The first-order chi connectivity index (χ1) is 15.7. The number of esters is 2. The molecule has 5 nitrogen and oxygen atoms in total. The van der Waals surface area contributed by atoms with Crippen molar-refractivity contribution in [2.45, 2.75) is 25.7 Å². The lowest BCUT2D eigenvalue weighted by molar-refractivity contribution is -0.169. The lowest BCUT2D eigenvalue weighted by atomic mass is 9.96. The lowest BCUT2D eigenvalue weighted by Crippen LogP contribution is -2.39. The summed E-state index contributed by atoms with van der Waals surface area (Å²) in [7, 11) is 0. The largest absolute Gasteiger partial charge is 0.460 e. The maximum absolute atomic E-state index is 13.0. The molecule has 32 heavy (non-hydrogen) atoms. The molecule has 1 unspecified atom stereocenters. The van der Waals surface area contributed by atoms with Gasteiger partial charge < -0.3 is 14.2 Å². The van der Waals surface area contributed by atoms with E-state index in [1.807, 2.05) is 84.3 Å². The minimum atomic E-state index is -1.20. The highest BCUT2D eigenvalue weighted by Gasteiger charge is 2.39. The van der Waals surface area contributed by atoms with Crippen molar-refractivity contribution < 1.29 is 23.8 Å². The fourth-order valence-corrected chi connectivity index (χ4v) is 4.28. The second kappa shape index (κ2) is 10.9. The van der Waals surface area contributed by atoms with Crippen molar-refractivity contribution >= 4 is 28.8 Å². The Balaban J connectivity index is 1.51. The average molecular weight is 449 g/mol. The third-order valence-corrected chi connectivity index (χ3v) is 6.11. The van der Waals surface area contributed by atoms with E-state index in [9.17, 15) is 9.59 Å². The van der Waals surface area contributed by atoms with E-state index in [1.165, 1.54) is 0 Å². The quantitative estimate of drug-likeness (QED) is 0.358. The maximum Gasteiger partial charge on any atom is 0.323 e. The molecule has 0 saturated carbocycles. The average Bonchev–Trinajstić information content (AvgIpc) is 3.38. The number of carbonyl (C=O) groups is 2. The van der Waals surface area contributed by atoms with E-state index < -0.39 is 24.0 Å². The van der Waals surface area contributed by atoms with Crippen molar-refractivity contribution in [2.75, 3.05) is 6.61 Å². The van der Waals surface area contributed by atoms with Crippen LogP contribution in [0.15, 0.2) is 84.3 Å². The van der Waals surface area contributed by atoms with Gasteiger partial charge in [0.2, 0.25) is 0 Å². The van der Waals surface area contributed by atoms with Crippen LogP contribution >= 0.6 is 11.3 Å². The predicted octanol–water partition coefficient (Wildman–Crippen LogP) is 5.02. The van der Waals surface area contributed by atoms with Gasteiger partial charge in [-0.2, -0.15) is 0 Å². The van der Waals surface area contributed by atoms with Gasteiger partial charge in [0, 0.05) is 4.88 Å². The molecule has 164 valence electrons. The molecule has 0 radical (unpaired) electrons. The van der Waals surface area contributed by atoms with Crippen LogP contribution < -0.4 is 0 Å². The molecule has 1 atom stereocenters. The van der Waals surface area contributed by atoms with Crippen LogP contribution in [0.1, 0.15) is 22.4 Å². The number of ether oxygens (including phenoxy) is 3. The molecule has 3 aromatic rings. The smallest absolute Gasteiger partial charge is 0.323 e. The van der Waals surface area contributed by atoms with Crippen LogP contribution in [0.25, 0.3) is 5.57 Å². The highest BCUT2D eigenvalue weighted by molar-refractivity contribution is 7.11. The van der Waals surface area contributed by atoms with Gasteiger partial charge in [-0.15, -0.1) is 11.3 Å². The summed E-state index contributed by atoms with van der Waals surface area (Å²) in [6.07, 6.45) is 1.84. The van der Waals surface area contributed by atoms with Gasteiger partial charge in [0.25, 0.3) is 0 Å². The van der Waals surface area contributed by atoms with Gasteiger partial charge >= 0.3 is 11.9 Å². The summed E-state index contributed by atoms with van der Waals surface area (Å²) in [4.78, 5) is 27.2. The van der Waals surface area contributed by atoms with Crippen LogP contribution in [0.2, 0.25) is 0 Å². The molecule has 1 aliphatic heterocycles. The van der Waals surface area contributed by atoms with E-state index in [0.29, 0.717) is 6.61 Å². The van der Waals surface area contributed by atoms with Crippen molar-refractivity contribution in [3.8, 4) is 0 Å². The molecule has 2 heterocycles. The molecule has 1 aliphatic rings. The number of benzene rings is 2. The molecule has 4 rings (SSSR count). The highest BCUT2D eigenvalue weighted by atomic mass is 32.1. The minimum Gasteiger partial charge on any atom is -0.460 e. The van der Waals surface area contributed by atoms with Gasteiger partial charge in [-0.3, -0.25) is 9.59 Å². The first-order valence-corrected chi connectivity index (χ1v) is 11.4. The standard InChI is InChI=1S/C26H24O5S/c27-25(30-17-19-8-3-1-4-9-19)24(26(28)31-18-20-10-5-2-6-11-20)22-16-21(13-14-29-22)23-12-7-15-32-23/h1-12,15-16,22,24H,13-14,17-18H2. The predicted molar refractivity (Wildman–Crippen MR) is 123 cm³/mol. The Hall–Kier alpha value is -3.22. The number of hydrogen-bond donors (Lipinski definition) is 0. The Bertz CT molecular complexity index is 989. The third kappa shape index (κ3) is 5.72. The first kappa shape index (κ1) is 22.0. The molecule has 0 bridgehead atoms. The van der Waals surface area contributed by atoms with Crippen LogP contribution in [-0.2, 0) is 37.0 Å². The van der Waals surface area contributed by atoms with E-state index in [2.05, 4.69) is 0 Å². The van der Waals surface area contributed by atoms with Crippen LogP contribution in [0.5, 0.6) is 0 Å². The van der Waals surface area contributed by atoms with Crippen LogP contribution in [-0.4, -0.2) is 24.6 Å². The number of thiophene rings is 1. The van der Waals surface area contributed by atoms with Crippen molar-refractivity contribution in [2.24, 2.45) is 5.92 Å². The molecule has 1 aromatic heterocycles. The molecular formula is C26H24O5S. The van der Waals surface area contributed by atoms with Crippen molar-refractivity contribution in [3.63, 3.8) is 0 Å². The molecule has 0 saturated heterocycles. The second-order valence-corrected chi connectivity index (χ2v) is 8.37. The van der Waals surface area contributed by atoms with Crippen LogP contribution in [0, 0.1) is 5.92 Å². The summed E-state index contributed by atoms with van der Waals surface area (Å²) < 4.78 is 16.8. The van der Waals surface area contributed by atoms with Crippen molar-refractivity contribution in [1.29, 1.82) is 0 Å². The number of hydrogen-bond acceptors (Lipinski definition) is 6. The second-order valence-electron chi connectivity index (χ2n) is 7.42. The molecular weight excluding hydrogens is 424 g/mol. The molecule has 0 amide bonds. The Morgan fingerprint density at radius 3 is 2.00 bits per heavy atom. The summed E-state index contributed by atoms with van der Waals surface area (Å²) in [5.41, 5.74) is 2.75. The van der Waals surface area contributed by atoms with Crippen LogP contribution in [0.4, 0.5) is 0 Å². The van der Waals surface area contributed by atoms with Crippen molar-refractivity contribution in [1.82, 2.24) is 0 Å². The van der Waals surface area contributed by atoms with E-state index >= 15 is 0 Å². The maximum atomic E-state index is 13.0. The van der Waals surface area contributed by atoms with Crippen molar-refractivity contribution in [3.05, 3.63) is 100 Å². The summed E-state index contributed by atoms with van der Waals surface area (Å²) in [5.74, 6) is -2.50. The molecule has 0 aliphatic carbocycles. The Labute approximate surface area is 191 Å². The first-order valence-electron chi connectivity index (χ1n) is 10.5.